The quantitative estimate of drug-likeness (QED) is 0.743. The highest BCUT2D eigenvalue weighted by Crippen LogP contribution is 2.32. The van der Waals surface area contributed by atoms with Crippen LogP contribution < -0.4 is 10.6 Å². The highest BCUT2D eigenvalue weighted by atomic mass is 32.1. The molecule has 3 aromatic rings. The number of nitrogens with one attached hydrogen (secondary N) is 2. The molecular formula is C15H15N5OS2. The van der Waals surface area contributed by atoms with Crippen molar-refractivity contribution < 1.29 is 4.79 Å². The van der Waals surface area contributed by atoms with E-state index in [1.807, 2.05) is 24.4 Å². The predicted molar refractivity (Wildman–Crippen MR) is 92.9 cm³/mol. The van der Waals surface area contributed by atoms with Crippen molar-refractivity contribution in [3.05, 3.63) is 46.8 Å². The fraction of sp³-hybridized carbons (Fsp3) is 0.200. The molecule has 8 heteroatoms. The largest absolute Gasteiger partial charge is 0.337 e. The number of hydrogen-bond donors (Lipinski definition) is 2. The topological polar surface area (TPSA) is 79.8 Å². The van der Waals surface area contributed by atoms with Crippen LogP contribution in [0.15, 0.2) is 36.1 Å². The van der Waals surface area contributed by atoms with Crippen molar-refractivity contribution in [3.8, 4) is 10.4 Å². The fourth-order valence-corrected chi connectivity index (χ4v) is 3.61. The molecule has 0 unspecified atom stereocenters. The molecule has 0 spiro atoms. The van der Waals surface area contributed by atoms with E-state index in [0.717, 1.165) is 27.6 Å². The van der Waals surface area contributed by atoms with Crippen LogP contribution in [-0.4, -0.2) is 27.5 Å². The zero-order valence-electron chi connectivity index (χ0n) is 12.4. The Hall–Kier alpha value is -2.32. The van der Waals surface area contributed by atoms with Crippen LogP contribution in [0.2, 0.25) is 0 Å². The lowest BCUT2D eigenvalue weighted by Crippen LogP contribution is -2.30. The Balaban J connectivity index is 1.56. The van der Waals surface area contributed by atoms with Crippen molar-refractivity contribution >= 4 is 33.8 Å². The van der Waals surface area contributed by atoms with Gasteiger partial charge in [0.2, 0.25) is 0 Å². The van der Waals surface area contributed by atoms with Gasteiger partial charge in [-0.15, -0.1) is 11.3 Å². The number of thiazole rings is 2. The number of urea groups is 1. The Labute approximate surface area is 141 Å². The Kier molecular flexibility index (Phi) is 4.94. The lowest BCUT2D eigenvalue weighted by Gasteiger charge is -2.03. The summed E-state index contributed by atoms with van der Waals surface area (Å²) >= 11 is 3.03. The van der Waals surface area contributed by atoms with Crippen LogP contribution in [0, 0.1) is 6.92 Å². The smallest absolute Gasteiger partial charge is 0.321 e. The molecule has 0 fully saturated rings. The highest BCUT2D eigenvalue weighted by Gasteiger charge is 2.11. The normalized spacial score (nSPS) is 10.5. The average molecular weight is 345 g/mol. The summed E-state index contributed by atoms with van der Waals surface area (Å²) in [5.41, 5.74) is 1.94. The molecule has 118 valence electrons. The molecule has 0 radical (unpaired) electrons. The van der Waals surface area contributed by atoms with Crippen LogP contribution in [0.4, 0.5) is 9.93 Å². The van der Waals surface area contributed by atoms with Crippen LogP contribution >= 0.6 is 22.7 Å². The zero-order valence-corrected chi connectivity index (χ0v) is 14.1. The van der Waals surface area contributed by atoms with Gasteiger partial charge in [-0.05, 0) is 24.6 Å². The Morgan fingerprint density at radius 1 is 1.26 bits per heavy atom. The summed E-state index contributed by atoms with van der Waals surface area (Å²) in [6.45, 7) is 2.47. The van der Waals surface area contributed by atoms with Gasteiger partial charge in [0.15, 0.2) is 5.13 Å². The maximum absolute atomic E-state index is 11.9. The van der Waals surface area contributed by atoms with Crippen molar-refractivity contribution in [2.45, 2.75) is 13.3 Å². The first kappa shape index (κ1) is 15.6. The molecular weight excluding hydrogens is 330 g/mol. The summed E-state index contributed by atoms with van der Waals surface area (Å²) in [5, 5.41) is 9.11. The van der Waals surface area contributed by atoms with Crippen molar-refractivity contribution in [2.24, 2.45) is 0 Å². The second-order valence-electron chi connectivity index (χ2n) is 4.73. The monoisotopic (exact) mass is 345 g/mol. The second-order valence-corrected chi connectivity index (χ2v) is 6.70. The Morgan fingerprint density at radius 2 is 2.09 bits per heavy atom. The van der Waals surface area contributed by atoms with Gasteiger partial charge in [0.25, 0.3) is 0 Å². The van der Waals surface area contributed by atoms with E-state index in [1.54, 1.807) is 29.9 Å². The number of amides is 2. The van der Waals surface area contributed by atoms with E-state index >= 15 is 0 Å². The maximum atomic E-state index is 11.9. The van der Waals surface area contributed by atoms with Crippen molar-refractivity contribution in [1.82, 2.24) is 20.3 Å². The first-order valence-corrected chi connectivity index (χ1v) is 8.73. The van der Waals surface area contributed by atoms with Gasteiger partial charge in [-0.3, -0.25) is 10.3 Å². The van der Waals surface area contributed by atoms with Gasteiger partial charge >= 0.3 is 6.03 Å². The van der Waals surface area contributed by atoms with Gasteiger partial charge in [0.1, 0.15) is 0 Å². The van der Waals surface area contributed by atoms with E-state index in [2.05, 4.69) is 25.6 Å². The number of carbonyl (C=O) groups excluding carboxylic acids is 1. The molecule has 0 saturated heterocycles. The molecule has 3 rings (SSSR count). The molecule has 2 N–H and O–H groups in total. The summed E-state index contributed by atoms with van der Waals surface area (Å²) in [5.74, 6) is 0. The number of hydrogen-bond acceptors (Lipinski definition) is 6. The predicted octanol–water partition coefficient (Wildman–Crippen LogP) is 3.33. The number of nitrogens with zero attached hydrogens (tertiary/aromatic N) is 3. The van der Waals surface area contributed by atoms with Gasteiger partial charge in [0.05, 0.1) is 15.6 Å². The number of rotatable bonds is 5. The maximum Gasteiger partial charge on any atom is 0.321 e. The molecule has 0 aromatic carbocycles. The summed E-state index contributed by atoms with van der Waals surface area (Å²) in [4.78, 5) is 25.5. The SMILES string of the molecule is Cc1nc(NC(=O)NCCc2nccs2)sc1-c1ccncc1. The molecule has 23 heavy (non-hydrogen) atoms. The molecule has 0 aliphatic carbocycles. The van der Waals surface area contributed by atoms with E-state index in [9.17, 15) is 4.79 Å². The van der Waals surface area contributed by atoms with Gasteiger partial charge in [0, 0.05) is 36.9 Å². The third-order valence-electron chi connectivity index (χ3n) is 3.07. The number of pyridine rings is 1. The average Bonchev–Trinajstić information content (AvgIpc) is 3.18. The molecule has 0 bridgehead atoms. The highest BCUT2D eigenvalue weighted by molar-refractivity contribution is 7.19. The molecule has 2 amide bonds. The van der Waals surface area contributed by atoms with Crippen molar-refractivity contribution in [2.75, 3.05) is 11.9 Å². The molecule has 0 saturated carbocycles. The summed E-state index contributed by atoms with van der Waals surface area (Å²) in [6.07, 6.45) is 5.98. The summed E-state index contributed by atoms with van der Waals surface area (Å²) < 4.78 is 0. The minimum absolute atomic E-state index is 0.253. The van der Waals surface area contributed by atoms with Gasteiger partial charge < -0.3 is 5.32 Å². The third kappa shape index (κ3) is 4.11. The van der Waals surface area contributed by atoms with Crippen molar-refractivity contribution in [1.29, 1.82) is 0 Å². The minimum atomic E-state index is -0.253. The molecule has 3 heterocycles. The summed E-state index contributed by atoms with van der Waals surface area (Å²) in [7, 11) is 0. The van der Waals surface area contributed by atoms with E-state index in [0.29, 0.717) is 11.7 Å². The van der Waals surface area contributed by atoms with E-state index in [-0.39, 0.29) is 6.03 Å². The van der Waals surface area contributed by atoms with E-state index in [4.69, 9.17) is 0 Å². The molecule has 3 aromatic heterocycles. The fourth-order valence-electron chi connectivity index (χ4n) is 2.02. The minimum Gasteiger partial charge on any atom is -0.337 e. The first-order chi connectivity index (χ1) is 11.2. The van der Waals surface area contributed by atoms with Crippen LogP contribution in [0.5, 0.6) is 0 Å². The number of carbonyl (C=O) groups is 1. The molecule has 6 nitrogen and oxygen atoms in total. The molecule has 0 aliphatic rings. The first-order valence-electron chi connectivity index (χ1n) is 7.03. The Morgan fingerprint density at radius 3 is 2.83 bits per heavy atom. The van der Waals surface area contributed by atoms with Gasteiger partial charge in [-0.25, -0.2) is 14.8 Å². The second kappa shape index (κ2) is 7.30. The lowest BCUT2D eigenvalue weighted by atomic mass is 10.2. The standard InChI is InChI=1S/C15H15N5OS2/c1-10-13(11-2-5-16-6-3-11)23-15(19-10)20-14(21)18-7-4-12-17-8-9-22-12/h2-3,5-6,8-9H,4,7H2,1H3,(H2,18,19,20,21). The van der Waals surface area contributed by atoms with E-state index in [1.165, 1.54) is 11.3 Å². The zero-order chi connectivity index (χ0) is 16.1. The van der Waals surface area contributed by atoms with Crippen LogP contribution in [0.3, 0.4) is 0 Å². The number of aromatic nitrogens is 3. The molecule has 0 aliphatic heterocycles. The van der Waals surface area contributed by atoms with Gasteiger partial charge in [-0.1, -0.05) is 11.3 Å². The lowest BCUT2D eigenvalue weighted by molar-refractivity contribution is 0.252. The van der Waals surface area contributed by atoms with Crippen LogP contribution in [0.1, 0.15) is 10.7 Å². The summed E-state index contributed by atoms with van der Waals surface area (Å²) in [6, 6.07) is 3.60. The van der Waals surface area contributed by atoms with Crippen molar-refractivity contribution in [3.63, 3.8) is 0 Å². The number of aryl methyl sites for hydroxylation is 1. The number of anilines is 1. The Bertz CT molecular complexity index is 771. The van der Waals surface area contributed by atoms with E-state index < -0.39 is 0 Å². The van der Waals surface area contributed by atoms with Gasteiger partial charge in [-0.2, -0.15) is 0 Å². The van der Waals surface area contributed by atoms with Crippen LogP contribution in [-0.2, 0) is 6.42 Å². The third-order valence-corrected chi connectivity index (χ3v) is 5.03. The molecule has 0 atom stereocenters. The van der Waals surface area contributed by atoms with Crippen LogP contribution in [0.25, 0.3) is 10.4 Å².